The van der Waals surface area contributed by atoms with Crippen LogP contribution in [0.4, 0.5) is 11.6 Å². The van der Waals surface area contributed by atoms with Crippen molar-refractivity contribution in [3.8, 4) is 0 Å². The number of aryl methyl sites for hydroxylation is 2. The van der Waals surface area contributed by atoms with E-state index in [0.29, 0.717) is 12.4 Å². The fraction of sp³-hybridized carbons (Fsp3) is 0.385. The largest absolute Gasteiger partial charge is 0.464 e. The van der Waals surface area contributed by atoms with Gasteiger partial charge in [0.2, 0.25) is 0 Å². The first-order valence-corrected chi connectivity index (χ1v) is 5.98. The second-order valence-electron chi connectivity index (χ2n) is 4.29. The summed E-state index contributed by atoms with van der Waals surface area (Å²) in [5, 5.41) is 0. The van der Waals surface area contributed by atoms with E-state index in [1.54, 1.807) is 6.07 Å². The summed E-state index contributed by atoms with van der Waals surface area (Å²) in [5.74, 6) is 3.89. The lowest BCUT2D eigenvalue weighted by Crippen LogP contribution is -2.18. The molecule has 2 N–H and O–H groups in total. The van der Waals surface area contributed by atoms with Gasteiger partial charge in [0, 0.05) is 19.5 Å². The number of furan rings is 1. The normalized spacial score (nSPS) is 10.6. The van der Waals surface area contributed by atoms with Crippen LogP contribution in [0.2, 0.25) is 0 Å². The third-order valence-corrected chi connectivity index (χ3v) is 2.68. The zero-order chi connectivity index (χ0) is 13.1. The van der Waals surface area contributed by atoms with Crippen molar-refractivity contribution < 1.29 is 4.42 Å². The van der Waals surface area contributed by atoms with Crippen LogP contribution in [0.3, 0.4) is 0 Å². The van der Waals surface area contributed by atoms with Gasteiger partial charge in [-0.15, -0.1) is 0 Å². The standard InChI is InChI=1S/C13H18N4O/c1-4-12-15-11(14)7-13(16-12)17(3)8-10-6-5-9(2)18-10/h5-7H,4,8H2,1-3H3,(H2,14,15,16). The third-order valence-electron chi connectivity index (χ3n) is 2.68. The molecule has 0 aliphatic heterocycles. The number of anilines is 2. The molecule has 0 saturated carbocycles. The van der Waals surface area contributed by atoms with Gasteiger partial charge in [0.05, 0.1) is 6.54 Å². The lowest BCUT2D eigenvalue weighted by molar-refractivity contribution is 0.481. The fourth-order valence-corrected chi connectivity index (χ4v) is 1.74. The van der Waals surface area contributed by atoms with Gasteiger partial charge < -0.3 is 15.1 Å². The first-order chi connectivity index (χ1) is 8.58. The molecule has 0 aliphatic rings. The lowest BCUT2D eigenvalue weighted by Gasteiger charge is -2.17. The van der Waals surface area contributed by atoms with Crippen LogP contribution in [-0.2, 0) is 13.0 Å². The van der Waals surface area contributed by atoms with E-state index in [-0.39, 0.29) is 0 Å². The zero-order valence-electron chi connectivity index (χ0n) is 11.0. The Bertz CT molecular complexity index is 536. The fourth-order valence-electron chi connectivity index (χ4n) is 1.74. The van der Waals surface area contributed by atoms with Crippen LogP contribution in [0.5, 0.6) is 0 Å². The molecule has 5 heteroatoms. The summed E-state index contributed by atoms with van der Waals surface area (Å²) in [7, 11) is 1.96. The van der Waals surface area contributed by atoms with Gasteiger partial charge in [0.15, 0.2) is 0 Å². The number of hydrogen-bond acceptors (Lipinski definition) is 5. The summed E-state index contributed by atoms with van der Waals surface area (Å²) in [4.78, 5) is 10.6. The molecule has 0 amide bonds. The molecule has 0 atom stereocenters. The van der Waals surface area contributed by atoms with E-state index < -0.39 is 0 Å². The minimum Gasteiger partial charge on any atom is -0.464 e. The van der Waals surface area contributed by atoms with Crippen LogP contribution in [0, 0.1) is 6.92 Å². The molecule has 18 heavy (non-hydrogen) atoms. The summed E-state index contributed by atoms with van der Waals surface area (Å²) >= 11 is 0. The number of hydrogen-bond donors (Lipinski definition) is 1. The quantitative estimate of drug-likeness (QED) is 0.895. The first-order valence-electron chi connectivity index (χ1n) is 5.98. The van der Waals surface area contributed by atoms with Crippen molar-refractivity contribution in [2.45, 2.75) is 26.8 Å². The average molecular weight is 246 g/mol. The Morgan fingerprint density at radius 1 is 1.33 bits per heavy atom. The van der Waals surface area contributed by atoms with Gasteiger partial charge >= 0.3 is 0 Å². The molecule has 0 aliphatic carbocycles. The molecular weight excluding hydrogens is 228 g/mol. The van der Waals surface area contributed by atoms with Gasteiger partial charge in [-0.3, -0.25) is 0 Å². The van der Waals surface area contributed by atoms with Gasteiger partial charge in [-0.05, 0) is 19.1 Å². The maximum absolute atomic E-state index is 5.77. The minimum atomic E-state index is 0.499. The zero-order valence-corrected chi connectivity index (χ0v) is 11.0. The molecule has 0 radical (unpaired) electrons. The molecule has 2 aromatic rings. The van der Waals surface area contributed by atoms with Gasteiger partial charge in [-0.1, -0.05) is 6.92 Å². The van der Waals surface area contributed by atoms with Gasteiger partial charge in [-0.25, -0.2) is 9.97 Å². The van der Waals surface area contributed by atoms with E-state index in [9.17, 15) is 0 Å². The second-order valence-corrected chi connectivity index (χ2v) is 4.29. The lowest BCUT2D eigenvalue weighted by atomic mass is 10.3. The van der Waals surface area contributed by atoms with Crippen molar-refractivity contribution in [2.24, 2.45) is 0 Å². The molecule has 0 saturated heterocycles. The van der Waals surface area contributed by atoms with Crippen molar-refractivity contribution in [1.29, 1.82) is 0 Å². The highest BCUT2D eigenvalue weighted by molar-refractivity contribution is 5.46. The summed E-state index contributed by atoms with van der Waals surface area (Å²) < 4.78 is 5.55. The van der Waals surface area contributed by atoms with E-state index >= 15 is 0 Å². The van der Waals surface area contributed by atoms with Crippen LogP contribution < -0.4 is 10.6 Å². The van der Waals surface area contributed by atoms with Crippen LogP contribution in [0.25, 0.3) is 0 Å². The molecule has 0 aromatic carbocycles. The second kappa shape index (κ2) is 5.08. The van der Waals surface area contributed by atoms with E-state index in [0.717, 1.165) is 29.6 Å². The van der Waals surface area contributed by atoms with E-state index in [2.05, 4.69) is 9.97 Å². The van der Waals surface area contributed by atoms with Crippen LogP contribution in [0.15, 0.2) is 22.6 Å². The molecule has 0 unspecified atom stereocenters. The maximum atomic E-state index is 5.77. The number of aromatic nitrogens is 2. The van der Waals surface area contributed by atoms with Crippen molar-refractivity contribution >= 4 is 11.6 Å². The predicted octanol–water partition coefficient (Wildman–Crippen LogP) is 2.16. The molecular formula is C13H18N4O. The van der Waals surface area contributed by atoms with Crippen molar-refractivity contribution in [3.05, 3.63) is 35.5 Å². The molecule has 0 spiro atoms. The first kappa shape index (κ1) is 12.4. The average Bonchev–Trinajstić information content (AvgIpc) is 2.73. The monoisotopic (exact) mass is 246 g/mol. The Kier molecular flexibility index (Phi) is 3.50. The van der Waals surface area contributed by atoms with Crippen LogP contribution in [-0.4, -0.2) is 17.0 Å². The van der Waals surface area contributed by atoms with Crippen molar-refractivity contribution in [3.63, 3.8) is 0 Å². The molecule has 2 heterocycles. The molecule has 2 rings (SSSR count). The Hall–Kier alpha value is -2.04. The topological polar surface area (TPSA) is 68.2 Å². The number of nitrogens with two attached hydrogens (primary N) is 1. The summed E-state index contributed by atoms with van der Waals surface area (Å²) in [6.45, 7) is 4.60. The minimum absolute atomic E-state index is 0.499. The van der Waals surface area contributed by atoms with Gasteiger partial charge in [-0.2, -0.15) is 0 Å². The van der Waals surface area contributed by atoms with E-state index in [1.807, 2.05) is 37.9 Å². The molecule has 0 bridgehead atoms. The van der Waals surface area contributed by atoms with E-state index in [4.69, 9.17) is 10.2 Å². The summed E-state index contributed by atoms with van der Waals surface area (Å²) in [6, 6.07) is 5.70. The molecule has 0 fully saturated rings. The maximum Gasteiger partial charge on any atom is 0.134 e. The Balaban J connectivity index is 2.17. The highest BCUT2D eigenvalue weighted by Gasteiger charge is 2.09. The molecule has 96 valence electrons. The number of nitrogen functional groups attached to an aromatic ring is 1. The van der Waals surface area contributed by atoms with Crippen LogP contribution >= 0.6 is 0 Å². The Labute approximate surface area is 107 Å². The van der Waals surface area contributed by atoms with Gasteiger partial charge in [0.1, 0.15) is 29.0 Å². The highest BCUT2D eigenvalue weighted by atomic mass is 16.3. The van der Waals surface area contributed by atoms with E-state index in [1.165, 1.54) is 0 Å². The van der Waals surface area contributed by atoms with Gasteiger partial charge in [0.25, 0.3) is 0 Å². The Morgan fingerprint density at radius 2 is 2.11 bits per heavy atom. The number of nitrogens with zero attached hydrogens (tertiary/aromatic N) is 3. The summed E-state index contributed by atoms with van der Waals surface area (Å²) in [5.41, 5.74) is 5.77. The summed E-state index contributed by atoms with van der Waals surface area (Å²) in [6.07, 6.45) is 0.770. The molecule has 2 aromatic heterocycles. The van der Waals surface area contributed by atoms with Crippen molar-refractivity contribution in [1.82, 2.24) is 9.97 Å². The Morgan fingerprint density at radius 3 is 2.72 bits per heavy atom. The number of rotatable bonds is 4. The smallest absolute Gasteiger partial charge is 0.134 e. The highest BCUT2D eigenvalue weighted by Crippen LogP contribution is 2.16. The van der Waals surface area contributed by atoms with Crippen molar-refractivity contribution in [2.75, 3.05) is 17.7 Å². The third kappa shape index (κ3) is 2.80. The predicted molar refractivity (Wildman–Crippen MR) is 71.4 cm³/mol. The van der Waals surface area contributed by atoms with Crippen LogP contribution in [0.1, 0.15) is 24.3 Å². The SMILES string of the molecule is CCc1nc(N)cc(N(C)Cc2ccc(C)o2)n1. The molecule has 5 nitrogen and oxygen atoms in total.